The van der Waals surface area contributed by atoms with Crippen LogP contribution in [0.4, 0.5) is 0 Å². The van der Waals surface area contributed by atoms with Crippen LogP contribution < -0.4 is 11.1 Å². The molecule has 1 aromatic heterocycles. The molecular formula is C16H21ClN4O. The molecule has 118 valence electrons. The first-order valence-corrected chi connectivity index (χ1v) is 7.74. The first-order chi connectivity index (χ1) is 10.5. The van der Waals surface area contributed by atoms with Crippen molar-refractivity contribution in [2.45, 2.75) is 26.2 Å². The Balaban J connectivity index is 2.33. The fourth-order valence-corrected chi connectivity index (χ4v) is 2.40. The lowest BCUT2D eigenvalue weighted by Gasteiger charge is -2.13. The molecule has 0 saturated heterocycles. The highest BCUT2D eigenvalue weighted by atomic mass is 35.5. The highest BCUT2D eigenvalue weighted by molar-refractivity contribution is 6.30. The fourth-order valence-electron chi connectivity index (χ4n) is 2.28. The summed E-state index contributed by atoms with van der Waals surface area (Å²) in [5.41, 5.74) is 7.81. The number of benzene rings is 1. The van der Waals surface area contributed by atoms with Gasteiger partial charge in [-0.25, -0.2) is 4.68 Å². The van der Waals surface area contributed by atoms with E-state index in [0.717, 1.165) is 17.8 Å². The molecule has 3 N–H and O–H groups in total. The summed E-state index contributed by atoms with van der Waals surface area (Å²) < 4.78 is 1.79. The Labute approximate surface area is 135 Å². The molecule has 0 aliphatic heterocycles. The predicted molar refractivity (Wildman–Crippen MR) is 88.7 cm³/mol. The third kappa shape index (κ3) is 3.67. The summed E-state index contributed by atoms with van der Waals surface area (Å²) in [6.45, 7) is 5.21. The van der Waals surface area contributed by atoms with E-state index in [9.17, 15) is 4.79 Å². The standard InChI is InChI=1S/C16H21ClN4O/c1-11(2)15-14(16(22)19-9-3-8-18)10-20-21(15)13-6-4-12(17)5-7-13/h4-7,10-11H,3,8-9,18H2,1-2H3,(H,19,22). The summed E-state index contributed by atoms with van der Waals surface area (Å²) in [5.74, 6) is 0.0470. The molecule has 1 aromatic carbocycles. The van der Waals surface area contributed by atoms with Gasteiger partial charge in [-0.15, -0.1) is 0 Å². The smallest absolute Gasteiger partial charge is 0.254 e. The normalized spacial score (nSPS) is 11.0. The van der Waals surface area contributed by atoms with Gasteiger partial charge in [-0.1, -0.05) is 25.4 Å². The summed E-state index contributed by atoms with van der Waals surface area (Å²) in [6, 6.07) is 7.39. The van der Waals surface area contributed by atoms with E-state index in [4.69, 9.17) is 17.3 Å². The molecule has 0 bridgehead atoms. The molecule has 0 saturated carbocycles. The second-order valence-electron chi connectivity index (χ2n) is 5.38. The largest absolute Gasteiger partial charge is 0.352 e. The predicted octanol–water partition coefficient (Wildman–Crippen LogP) is 2.73. The molecule has 0 spiro atoms. The van der Waals surface area contributed by atoms with Gasteiger partial charge in [0.1, 0.15) is 0 Å². The molecule has 5 nitrogen and oxygen atoms in total. The van der Waals surface area contributed by atoms with Crippen LogP contribution in [0.5, 0.6) is 0 Å². The molecule has 0 atom stereocenters. The lowest BCUT2D eigenvalue weighted by atomic mass is 10.0. The van der Waals surface area contributed by atoms with E-state index < -0.39 is 0 Å². The van der Waals surface area contributed by atoms with Crippen LogP contribution in [-0.2, 0) is 0 Å². The first kappa shape index (κ1) is 16.5. The van der Waals surface area contributed by atoms with Gasteiger partial charge in [0.2, 0.25) is 0 Å². The monoisotopic (exact) mass is 320 g/mol. The average molecular weight is 321 g/mol. The number of aromatic nitrogens is 2. The molecule has 2 rings (SSSR count). The molecule has 6 heteroatoms. The lowest BCUT2D eigenvalue weighted by molar-refractivity contribution is 0.0952. The van der Waals surface area contributed by atoms with Crippen LogP contribution in [0.25, 0.3) is 5.69 Å². The van der Waals surface area contributed by atoms with E-state index in [1.54, 1.807) is 10.9 Å². The highest BCUT2D eigenvalue weighted by Crippen LogP contribution is 2.23. The maximum absolute atomic E-state index is 12.3. The molecule has 0 radical (unpaired) electrons. The Morgan fingerprint density at radius 2 is 2.05 bits per heavy atom. The maximum atomic E-state index is 12.3. The van der Waals surface area contributed by atoms with Crippen molar-refractivity contribution < 1.29 is 4.79 Å². The zero-order valence-corrected chi connectivity index (χ0v) is 13.6. The van der Waals surface area contributed by atoms with Crippen LogP contribution in [0.1, 0.15) is 42.2 Å². The number of amides is 1. The van der Waals surface area contributed by atoms with E-state index in [2.05, 4.69) is 10.4 Å². The number of rotatable bonds is 6. The van der Waals surface area contributed by atoms with Crippen LogP contribution in [0.3, 0.4) is 0 Å². The maximum Gasteiger partial charge on any atom is 0.254 e. The minimum atomic E-state index is -0.114. The minimum Gasteiger partial charge on any atom is -0.352 e. The van der Waals surface area contributed by atoms with Gasteiger partial charge in [-0.2, -0.15) is 5.10 Å². The summed E-state index contributed by atoms with van der Waals surface area (Å²) >= 11 is 5.92. The Kier molecular flexibility index (Phi) is 5.57. The second kappa shape index (κ2) is 7.42. The van der Waals surface area contributed by atoms with Gasteiger partial charge in [0, 0.05) is 11.6 Å². The van der Waals surface area contributed by atoms with Crippen LogP contribution in [0, 0.1) is 0 Å². The van der Waals surface area contributed by atoms with Crippen molar-refractivity contribution in [1.29, 1.82) is 0 Å². The SMILES string of the molecule is CC(C)c1c(C(=O)NCCCN)cnn1-c1ccc(Cl)cc1. The van der Waals surface area contributed by atoms with Gasteiger partial charge in [-0.3, -0.25) is 4.79 Å². The average Bonchev–Trinajstić information content (AvgIpc) is 2.93. The molecule has 2 aromatic rings. The third-order valence-electron chi connectivity index (χ3n) is 3.34. The fraction of sp³-hybridized carbons (Fsp3) is 0.375. The molecular weight excluding hydrogens is 300 g/mol. The number of carbonyl (C=O) groups excluding carboxylic acids is 1. The van der Waals surface area contributed by atoms with Crippen LogP contribution >= 0.6 is 11.6 Å². The van der Waals surface area contributed by atoms with Crippen molar-refractivity contribution in [2.24, 2.45) is 5.73 Å². The molecule has 0 unspecified atom stereocenters. The highest BCUT2D eigenvalue weighted by Gasteiger charge is 2.20. The van der Waals surface area contributed by atoms with Gasteiger partial charge >= 0.3 is 0 Å². The molecule has 1 heterocycles. The van der Waals surface area contributed by atoms with E-state index in [1.165, 1.54) is 0 Å². The number of carbonyl (C=O) groups is 1. The van der Waals surface area contributed by atoms with Crippen LogP contribution in [0.15, 0.2) is 30.5 Å². The van der Waals surface area contributed by atoms with Crippen molar-refractivity contribution >= 4 is 17.5 Å². The zero-order valence-electron chi connectivity index (χ0n) is 12.8. The minimum absolute atomic E-state index is 0.114. The van der Waals surface area contributed by atoms with E-state index >= 15 is 0 Å². The molecule has 0 fully saturated rings. The van der Waals surface area contributed by atoms with Crippen molar-refractivity contribution in [2.75, 3.05) is 13.1 Å². The van der Waals surface area contributed by atoms with Gasteiger partial charge in [-0.05, 0) is 43.1 Å². The molecule has 1 amide bonds. The molecule has 0 aliphatic carbocycles. The van der Waals surface area contributed by atoms with Crippen molar-refractivity contribution in [3.63, 3.8) is 0 Å². The Morgan fingerprint density at radius 1 is 1.36 bits per heavy atom. The zero-order chi connectivity index (χ0) is 16.1. The van der Waals surface area contributed by atoms with E-state index in [1.807, 2.05) is 38.1 Å². The van der Waals surface area contributed by atoms with Crippen molar-refractivity contribution in [3.05, 3.63) is 46.7 Å². The number of nitrogens with two attached hydrogens (primary N) is 1. The van der Waals surface area contributed by atoms with Gasteiger partial charge in [0.05, 0.1) is 23.1 Å². The van der Waals surface area contributed by atoms with E-state index in [0.29, 0.717) is 23.7 Å². The van der Waals surface area contributed by atoms with Crippen LogP contribution in [0.2, 0.25) is 5.02 Å². The first-order valence-electron chi connectivity index (χ1n) is 7.36. The summed E-state index contributed by atoms with van der Waals surface area (Å²) in [4.78, 5) is 12.3. The lowest BCUT2D eigenvalue weighted by Crippen LogP contribution is -2.27. The molecule has 0 aliphatic rings. The van der Waals surface area contributed by atoms with Crippen molar-refractivity contribution in [3.8, 4) is 5.69 Å². The van der Waals surface area contributed by atoms with Crippen molar-refractivity contribution in [1.82, 2.24) is 15.1 Å². The van der Waals surface area contributed by atoms with Gasteiger partial charge in [0.25, 0.3) is 5.91 Å². The quantitative estimate of drug-likeness (QED) is 0.804. The third-order valence-corrected chi connectivity index (χ3v) is 3.59. The number of halogens is 1. The number of nitrogens with zero attached hydrogens (tertiary/aromatic N) is 2. The molecule has 22 heavy (non-hydrogen) atoms. The van der Waals surface area contributed by atoms with Crippen LogP contribution in [-0.4, -0.2) is 28.8 Å². The van der Waals surface area contributed by atoms with Gasteiger partial charge in [0.15, 0.2) is 0 Å². The van der Waals surface area contributed by atoms with Gasteiger partial charge < -0.3 is 11.1 Å². The van der Waals surface area contributed by atoms with E-state index in [-0.39, 0.29) is 11.8 Å². The Bertz CT molecular complexity index is 634. The number of nitrogens with one attached hydrogen (secondary N) is 1. The Morgan fingerprint density at radius 3 is 2.64 bits per heavy atom. The Hall–Kier alpha value is -1.85. The number of hydrogen-bond acceptors (Lipinski definition) is 3. The summed E-state index contributed by atoms with van der Waals surface area (Å²) in [6.07, 6.45) is 2.37. The second-order valence-corrected chi connectivity index (χ2v) is 5.82. The summed E-state index contributed by atoms with van der Waals surface area (Å²) in [7, 11) is 0. The summed E-state index contributed by atoms with van der Waals surface area (Å²) in [5, 5.41) is 7.92. The number of hydrogen-bond donors (Lipinski definition) is 2. The topological polar surface area (TPSA) is 72.9 Å².